The zero-order valence-electron chi connectivity index (χ0n) is 11.7. The van der Waals surface area contributed by atoms with Crippen LogP contribution in [0.25, 0.3) is 0 Å². The maximum atomic E-state index is 12.3. The monoisotopic (exact) mass is 294 g/mol. The van der Waals surface area contributed by atoms with Gasteiger partial charge in [0.05, 0.1) is 6.33 Å². The fourth-order valence-corrected chi connectivity index (χ4v) is 3.20. The van der Waals surface area contributed by atoms with E-state index in [9.17, 15) is 8.42 Å². The molecule has 1 aromatic carbocycles. The number of nitrogens with zero attached hydrogens (tertiary/aromatic N) is 2. The lowest BCUT2D eigenvalue weighted by Crippen LogP contribution is -2.17. The molecule has 0 unspecified atom stereocenters. The first-order chi connectivity index (χ1) is 9.31. The van der Waals surface area contributed by atoms with Crippen molar-refractivity contribution in [1.29, 1.82) is 0 Å². The first-order valence-corrected chi connectivity index (χ1v) is 7.69. The van der Waals surface area contributed by atoms with Crippen molar-refractivity contribution in [1.82, 2.24) is 9.55 Å². The van der Waals surface area contributed by atoms with E-state index in [-0.39, 0.29) is 10.8 Å². The summed E-state index contributed by atoms with van der Waals surface area (Å²) in [5, 5.41) is -0.0366. The summed E-state index contributed by atoms with van der Waals surface area (Å²) in [5.41, 5.74) is 7.24. The van der Waals surface area contributed by atoms with Gasteiger partial charge in [0, 0.05) is 12.7 Å². The number of nitrogens with one attached hydrogen (secondary N) is 1. The molecule has 0 saturated heterocycles. The minimum atomic E-state index is -3.74. The molecule has 0 amide bonds. The van der Waals surface area contributed by atoms with Crippen LogP contribution < -0.4 is 10.5 Å². The SMILES string of the molecule is CC(C)c1ccc(NS(=O)(=O)c2c(N)ncn2C)cc1. The van der Waals surface area contributed by atoms with Crippen LogP contribution in [-0.4, -0.2) is 18.0 Å². The Kier molecular flexibility index (Phi) is 3.71. The standard InChI is InChI=1S/C13H18N4O2S/c1-9(2)10-4-6-11(7-5-10)16-20(18,19)13-12(14)15-8-17(13)3/h4-9,16H,14H2,1-3H3. The van der Waals surface area contributed by atoms with Gasteiger partial charge in [-0.15, -0.1) is 0 Å². The Morgan fingerprint density at radius 2 is 1.85 bits per heavy atom. The van der Waals surface area contributed by atoms with Gasteiger partial charge in [-0.2, -0.15) is 8.42 Å². The number of nitrogen functional groups attached to an aromatic ring is 1. The number of sulfonamides is 1. The number of hydrogen-bond donors (Lipinski definition) is 2. The third-order valence-electron chi connectivity index (χ3n) is 2.99. The van der Waals surface area contributed by atoms with Gasteiger partial charge in [-0.05, 0) is 23.6 Å². The van der Waals surface area contributed by atoms with Crippen molar-refractivity contribution in [3.63, 3.8) is 0 Å². The van der Waals surface area contributed by atoms with Gasteiger partial charge in [0.25, 0.3) is 10.0 Å². The minimum absolute atomic E-state index is 0.0150. The van der Waals surface area contributed by atoms with E-state index in [0.717, 1.165) is 5.56 Å². The Morgan fingerprint density at radius 1 is 1.25 bits per heavy atom. The number of imidazole rings is 1. The maximum absolute atomic E-state index is 12.3. The average Bonchev–Trinajstić information content (AvgIpc) is 2.69. The molecule has 0 atom stereocenters. The van der Waals surface area contributed by atoms with E-state index in [1.807, 2.05) is 12.1 Å². The number of hydrogen-bond acceptors (Lipinski definition) is 4. The number of aromatic nitrogens is 2. The Morgan fingerprint density at radius 3 is 2.30 bits per heavy atom. The van der Waals surface area contributed by atoms with Crippen LogP contribution in [0.15, 0.2) is 35.6 Å². The minimum Gasteiger partial charge on any atom is -0.381 e. The smallest absolute Gasteiger partial charge is 0.281 e. The van der Waals surface area contributed by atoms with Crippen molar-refractivity contribution < 1.29 is 8.42 Å². The van der Waals surface area contributed by atoms with Gasteiger partial charge in [-0.3, -0.25) is 4.72 Å². The predicted octanol–water partition coefficient (Wildman–Crippen LogP) is 1.93. The van der Waals surface area contributed by atoms with Crippen LogP contribution >= 0.6 is 0 Å². The molecular weight excluding hydrogens is 276 g/mol. The van der Waals surface area contributed by atoms with Gasteiger partial charge in [0.1, 0.15) is 0 Å². The highest BCUT2D eigenvalue weighted by Gasteiger charge is 2.22. The summed E-state index contributed by atoms with van der Waals surface area (Å²) < 4.78 is 28.4. The lowest BCUT2D eigenvalue weighted by molar-refractivity contribution is 0.592. The molecule has 6 nitrogen and oxygen atoms in total. The van der Waals surface area contributed by atoms with E-state index in [2.05, 4.69) is 23.6 Å². The summed E-state index contributed by atoms with van der Waals surface area (Å²) in [6.45, 7) is 4.16. The Hall–Kier alpha value is -2.02. The van der Waals surface area contributed by atoms with Crippen molar-refractivity contribution in [2.24, 2.45) is 7.05 Å². The predicted molar refractivity (Wildman–Crippen MR) is 79.0 cm³/mol. The number of rotatable bonds is 4. The summed E-state index contributed by atoms with van der Waals surface area (Å²) in [5.74, 6) is 0.382. The van der Waals surface area contributed by atoms with Gasteiger partial charge in [0.2, 0.25) is 0 Å². The van der Waals surface area contributed by atoms with Gasteiger partial charge in [-0.1, -0.05) is 26.0 Å². The zero-order valence-corrected chi connectivity index (χ0v) is 12.5. The highest BCUT2D eigenvalue weighted by Crippen LogP contribution is 2.22. The van der Waals surface area contributed by atoms with Crippen molar-refractivity contribution >= 4 is 21.5 Å². The normalized spacial score (nSPS) is 11.8. The third kappa shape index (κ3) is 2.77. The quantitative estimate of drug-likeness (QED) is 0.901. The van der Waals surface area contributed by atoms with Crippen LogP contribution in [0.2, 0.25) is 0 Å². The molecular formula is C13H18N4O2S. The lowest BCUT2D eigenvalue weighted by atomic mass is 10.0. The Balaban J connectivity index is 2.29. The van der Waals surface area contributed by atoms with Gasteiger partial charge in [-0.25, -0.2) is 4.98 Å². The third-order valence-corrected chi connectivity index (χ3v) is 4.50. The van der Waals surface area contributed by atoms with Crippen LogP contribution in [0.3, 0.4) is 0 Å². The molecule has 108 valence electrons. The van der Waals surface area contributed by atoms with E-state index in [4.69, 9.17) is 5.73 Å². The van der Waals surface area contributed by atoms with Crippen molar-refractivity contribution in [2.45, 2.75) is 24.8 Å². The van der Waals surface area contributed by atoms with Crippen LogP contribution in [0, 0.1) is 0 Å². The molecule has 0 aliphatic heterocycles. The molecule has 3 N–H and O–H groups in total. The first kappa shape index (κ1) is 14.4. The fraction of sp³-hybridized carbons (Fsp3) is 0.308. The largest absolute Gasteiger partial charge is 0.381 e. The molecule has 2 rings (SSSR count). The fourth-order valence-electron chi connectivity index (χ4n) is 1.90. The number of aryl methyl sites for hydroxylation is 1. The molecule has 0 spiro atoms. The van der Waals surface area contributed by atoms with Crippen LogP contribution in [0.4, 0.5) is 11.5 Å². The highest BCUT2D eigenvalue weighted by molar-refractivity contribution is 7.92. The Bertz CT molecular complexity index is 683. The molecule has 0 saturated carbocycles. The molecule has 20 heavy (non-hydrogen) atoms. The molecule has 0 bridgehead atoms. The summed E-state index contributed by atoms with van der Waals surface area (Å²) in [6.07, 6.45) is 1.37. The lowest BCUT2D eigenvalue weighted by Gasteiger charge is -2.10. The van der Waals surface area contributed by atoms with Crippen molar-refractivity contribution in [3.8, 4) is 0 Å². The molecule has 7 heteroatoms. The van der Waals surface area contributed by atoms with E-state index in [0.29, 0.717) is 11.6 Å². The summed E-state index contributed by atoms with van der Waals surface area (Å²) in [7, 11) is -2.16. The summed E-state index contributed by atoms with van der Waals surface area (Å²) in [6, 6.07) is 7.27. The molecule has 0 aliphatic carbocycles. The van der Waals surface area contributed by atoms with Crippen LogP contribution in [0.1, 0.15) is 25.3 Å². The van der Waals surface area contributed by atoms with E-state index < -0.39 is 10.0 Å². The number of benzene rings is 1. The molecule has 0 aliphatic rings. The maximum Gasteiger partial charge on any atom is 0.281 e. The van der Waals surface area contributed by atoms with Crippen LogP contribution in [-0.2, 0) is 17.1 Å². The second-order valence-corrected chi connectivity index (χ2v) is 6.53. The second-order valence-electron chi connectivity index (χ2n) is 4.93. The van der Waals surface area contributed by atoms with E-state index >= 15 is 0 Å². The highest BCUT2D eigenvalue weighted by atomic mass is 32.2. The van der Waals surface area contributed by atoms with Gasteiger partial charge < -0.3 is 10.3 Å². The molecule has 0 fully saturated rings. The Labute approximate surface area is 118 Å². The topological polar surface area (TPSA) is 90.0 Å². The van der Waals surface area contributed by atoms with E-state index in [1.165, 1.54) is 10.9 Å². The zero-order chi connectivity index (χ0) is 14.9. The number of anilines is 2. The van der Waals surface area contributed by atoms with Gasteiger partial charge >= 0.3 is 0 Å². The second kappa shape index (κ2) is 5.16. The molecule has 1 heterocycles. The summed E-state index contributed by atoms with van der Waals surface area (Å²) in [4.78, 5) is 3.78. The molecule has 1 aromatic heterocycles. The average molecular weight is 294 g/mol. The van der Waals surface area contributed by atoms with Crippen LogP contribution in [0.5, 0.6) is 0 Å². The van der Waals surface area contributed by atoms with Crippen molar-refractivity contribution in [3.05, 3.63) is 36.2 Å². The first-order valence-electron chi connectivity index (χ1n) is 6.21. The van der Waals surface area contributed by atoms with E-state index in [1.54, 1.807) is 19.2 Å². The van der Waals surface area contributed by atoms with Gasteiger partial charge in [0.15, 0.2) is 10.8 Å². The van der Waals surface area contributed by atoms with Crippen molar-refractivity contribution in [2.75, 3.05) is 10.5 Å². The summed E-state index contributed by atoms with van der Waals surface area (Å²) >= 11 is 0. The molecule has 2 aromatic rings. The number of nitrogens with two attached hydrogens (primary N) is 1. The molecule has 0 radical (unpaired) electrons.